The summed E-state index contributed by atoms with van der Waals surface area (Å²) in [6.07, 6.45) is 0. The first-order valence-corrected chi connectivity index (χ1v) is 7.52. The van der Waals surface area contributed by atoms with Gasteiger partial charge in [-0.25, -0.2) is 0 Å². The highest BCUT2D eigenvalue weighted by Gasteiger charge is 2.07. The van der Waals surface area contributed by atoms with Crippen molar-refractivity contribution in [2.45, 2.75) is 0 Å². The van der Waals surface area contributed by atoms with Gasteiger partial charge in [0.1, 0.15) is 5.75 Å². The summed E-state index contributed by atoms with van der Waals surface area (Å²) < 4.78 is 5.13. The Hall–Kier alpha value is -2.53. The molecule has 2 aromatic carbocycles. The first kappa shape index (κ1) is 16.8. The summed E-state index contributed by atoms with van der Waals surface area (Å²) in [5.74, 6) is 0.510. The van der Waals surface area contributed by atoms with Crippen LogP contribution in [0.25, 0.3) is 0 Å². The van der Waals surface area contributed by atoms with Gasteiger partial charge in [0.2, 0.25) is 0 Å². The third-order valence-corrected chi connectivity index (χ3v) is 3.36. The number of ether oxygens (including phenoxy) is 1. The Morgan fingerprint density at radius 2 is 1.78 bits per heavy atom. The van der Waals surface area contributed by atoms with Crippen molar-refractivity contribution in [3.8, 4) is 5.75 Å². The van der Waals surface area contributed by atoms with Crippen LogP contribution in [0, 0.1) is 0 Å². The van der Waals surface area contributed by atoms with Crippen molar-refractivity contribution in [1.29, 1.82) is 0 Å². The van der Waals surface area contributed by atoms with Gasteiger partial charge < -0.3 is 20.3 Å². The summed E-state index contributed by atoms with van der Waals surface area (Å²) in [6.45, 7) is 1.84. The second kappa shape index (κ2) is 8.19. The molecule has 23 heavy (non-hydrogen) atoms. The molecule has 0 heterocycles. The van der Waals surface area contributed by atoms with E-state index in [0.717, 1.165) is 24.5 Å². The molecule has 5 nitrogen and oxygen atoms in total. The van der Waals surface area contributed by atoms with Crippen molar-refractivity contribution in [2.75, 3.05) is 44.9 Å². The SMILES string of the molecule is COc1cccc(C(=O)Nc2ccc(NCCN(C)C)cc2)c1. The van der Waals surface area contributed by atoms with Gasteiger partial charge in [0.05, 0.1) is 7.11 Å². The quantitative estimate of drug-likeness (QED) is 0.825. The van der Waals surface area contributed by atoms with Crippen LogP contribution in [0.5, 0.6) is 5.75 Å². The van der Waals surface area contributed by atoms with Gasteiger partial charge in [-0.3, -0.25) is 4.79 Å². The van der Waals surface area contributed by atoms with E-state index in [9.17, 15) is 4.79 Å². The minimum atomic E-state index is -0.155. The second-order valence-corrected chi connectivity index (χ2v) is 5.49. The predicted octanol–water partition coefficient (Wildman–Crippen LogP) is 2.92. The molecule has 0 fully saturated rings. The average Bonchev–Trinajstić information content (AvgIpc) is 2.56. The molecule has 2 N–H and O–H groups in total. The molecule has 0 spiro atoms. The first-order chi connectivity index (χ1) is 11.1. The van der Waals surface area contributed by atoms with E-state index in [1.807, 2.05) is 44.4 Å². The number of carbonyl (C=O) groups is 1. The van der Waals surface area contributed by atoms with Crippen LogP contribution in [-0.2, 0) is 0 Å². The summed E-state index contributed by atoms with van der Waals surface area (Å²) >= 11 is 0. The van der Waals surface area contributed by atoms with E-state index in [1.54, 1.807) is 25.3 Å². The van der Waals surface area contributed by atoms with Crippen LogP contribution in [-0.4, -0.2) is 45.1 Å². The van der Waals surface area contributed by atoms with Gasteiger partial charge in [-0.2, -0.15) is 0 Å². The summed E-state index contributed by atoms with van der Waals surface area (Å²) in [6, 6.07) is 14.8. The highest BCUT2D eigenvalue weighted by Crippen LogP contribution is 2.16. The lowest BCUT2D eigenvalue weighted by Gasteiger charge is -2.12. The summed E-state index contributed by atoms with van der Waals surface area (Å²) in [5.41, 5.74) is 2.36. The van der Waals surface area contributed by atoms with Crippen molar-refractivity contribution >= 4 is 17.3 Å². The fraction of sp³-hybridized carbons (Fsp3) is 0.278. The molecule has 1 amide bonds. The molecule has 0 saturated carbocycles. The van der Waals surface area contributed by atoms with Crippen molar-refractivity contribution in [3.63, 3.8) is 0 Å². The molecule has 0 unspecified atom stereocenters. The third kappa shape index (κ3) is 5.30. The number of anilines is 2. The number of methoxy groups -OCH3 is 1. The van der Waals surface area contributed by atoms with Gasteiger partial charge in [0.25, 0.3) is 5.91 Å². The zero-order valence-corrected chi connectivity index (χ0v) is 13.8. The largest absolute Gasteiger partial charge is 0.497 e. The zero-order chi connectivity index (χ0) is 16.7. The van der Waals surface area contributed by atoms with E-state index in [1.165, 1.54) is 0 Å². The van der Waals surface area contributed by atoms with Crippen molar-refractivity contribution in [1.82, 2.24) is 4.90 Å². The predicted molar refractivity (Wildman–Crippen MR) is 94.4 cm³/mol. The Bertz CT molecular complexity index is 639. The molecule has 122 valence electrons. The minimum Gasteiger partial charge on any atom is -0.497 e. The maximum Gasteiger partial charge on any atom is 0.255 e. The molecule has 2 rings (SSSR count). The number of nitrogens with one attached hydrogen (secondary N) is 2. The van der Waals surface area contributed by atoms with E-state index >= 15 is 0 Å². The summed E-state index contributed by atoms with van der Waals surface area (Å²) in [5, 5.41) is 6.21. The smallest absolute Gasteiger partial charge is 0.255 e. The number of carbonyl (C=O) groups excluding carboxylic acids is 1. The Kier molecular flexibility index (Phi) is 6.00. The Morgan fingerprint density at radius 1 is 1.09 bits per heavy atom. The van der Waals surface area contributed by atoms with Gasteiger partial charge in [0, 0.05) is 30.0 Å². The fourth-order valence-electron chi connectivity index (χ4n) is 2.06. The number of benzene rings is 2. The van der Waals surface area contributed by atoms with Gasteiger partial charge in [-0.15, -0.1) is 0 Å². The van der Waals surface area contributed by atoms with E-state index in [0.29, 0.717) is 11.3 Å². The molecule has 0 bridgehead atoms. The zero-order valence-electron chi connectivity index (χ0n) is 13.8. The number of rotatable bonds is 7. The molecule has 2 aromatic rings. The lowest BCUT2D eigenvalue weighted by molar-refractivity contribution is 0.102. The molecule has 5 heteroatoms. The first-order valence-electron chi connectivity index (χ1n) is 7.52. The third-order valence-electron chi connectivity index (χ3n) is 3.36. The number of amides is 1. The lowest BCUT2D eigenvalue weighted by atomic mass is 10.2. The van der Waals surface area contributed by atoms with E-state index in [-0.39, 0.29) is 5.91 Å². The highest BCUT2D eigenvalue weighted by molar-refractivity contribution is 6.04. The normalized spacial score (nSPS) is 10.4. The number of hydrogen-bond acceptors (Lipinski definition) is 4. The molecule has 0 aliphatic rings. The maximum absolute atomic E-state index is 12.2. The summed E-state index contributed by atoms with van der Waals surface area (Å²) in [7, 11) is 5.66. The topological polar surface area (TPSA) is 53.6 Å². The molecule has 0 atom stereocenters. The van der Waals surface area contributed by atoms with Crippen molar-refractivity contribution < 1.29 is 9.53 Å². The van der Waals surface area contributed by atoms with Gasteiger partial charge >= 0.3 is 0 Å². The highest BCUT2D eigenvalue weighted by atomic mass is 16.5. The van der Waals surface area contributed by atoms with Crippen LogP contribution in [0.4, 0.5) is 11.4 Å². The van der Waals surface area contributed by atoms with Gasteiger partial charge in [0.15, 0.2) is 0 Å². The molecule has 0 aliphatic heterocycles. The molecule has 0 aliphatic carbocycles. The van der Waals surface area contributed by atoms with Crippen molar-refractivity contribution in [3.05, 3.63) is 54.1 Å². The van der Waals surface area contributed by atoms with E-state index in [4.69, 9.17) is 4.74 Å². The maximum atomic E-state index is 12.2. The van der Waals surface area contributed by atoms with E-state index in [2.05, 4.69) is 15.5 Å². The summed E-state index contributed by atoms with van der Waals surface area (Å²) in [4.78, 5) is 14.3. The average molecular weight is 313 g/mol. The van der Waals surface area contributed by atoms with Gasteiger partial charge in [-0.1, -0.05) is 6.07 Å². The second-order valence-electron chi connectivity index (χ2n) is 5.49. The fourth-order valence-corrected chi connectivity index (χ4v) is 2.06. The standard InChI is InChI=1S/C18H23N3O2/c1-21(2)12-11-19-15-7-9-16(10-8-15)20-18(22)14-5-4-6-17(13-14)23-3/h4-10,13,19H,11-12H2,1-3H3,(H,20,22). The van der Waals surface area contributed by atoms with Crippen LogP contribution in [0.15, 0.2) is 48.5 Å². The van der Waals surface area contributed by atoms with Crippen LogP contribution in [0.1, 0.15) is 10.4 Å². The van der Waals surface area contributed by atoms with Crippen LogP contribution < -0.4 is 15.4 Å². The molecular weight excluding hydrogens is 290 g/mol. The van der Waals surface area contributed by atoms with Crippen molar-refractivity contribution in [2.24, 2.45) is 0 Å². The Morgan fingerprint density at radius 3 is 2.43 bits per heavy atom. The monoisotopic (exact) mass is 313 g/mol. The Labute approximate surface area is 137 Å². The number of likely N-dealkylation sites (N-methyl/N-ethyl adjacent to an activating group) is 1. The number of hydrogen-bond donors (Lipinski definition) is 2. The minimum absolute atomic E-state index is 0.155. The number of nitrogens with zero attached hydrogens (tertiary/aromatic N) is 1. The van der Waals surface area contributed by atoms with Crippen LogP contribution >= 0.6 is 0 Å². The van der Waals surface area contributed by atoms with E-state index < -0.39 is 0 Å². The Balaban J connectivity index is 1.93. The van der Waals surface area contributed by atoms with Crippen LogP contribution in [0.3, 0.4) is 0 Å². The molecular formula is C18H23N3O2. The van der Waals surface area contributed by atoms with Crippen LogP contribution in [0.2, 0.25) is 0 Å². The molecule has 0 radical (unpaired) electrons. The van der Waals surface area contributed by atoms with Gasteiger partial charge in [-0.05, 0) is 56.6 Å². The molecule has 0 aromatic heterocycles. The molecule has 0 saturated heterocycles. The lowest BCUT2D eigenvalue weighted by Crippen LogP contribution is -2.20.